The van der Waals surface area contributed by atoms with Crippen LogP contribution in [0.3, 0.4) is 0 Å². The molecular weight excluding hydrogens is 302 g/mol. The summed E-state index contributed by atoms with van der Waals surface area (Å²) in [5, 5.41) is 0.602. The summed E-state index contributed by atoms with van der Waals surface area (Å²) in [4.78, 5) is 15.3. The molecule has 2 nitrogen and oxygen atoms in total. The van der Waals surface area contributed by atoms with E-state index in [1.807, 2.05) is 68.6 Å². The van der Waals surface area contributed by atoms with Crippen molar-refractivity contribution in [3.05, 3.63) is 65.2 Å². The molecule has 0 aliphatic carbocycles. The first-order valence-electron chi connectivity index (χ1n) is 6.77. The Kier molecular flexibility index (Phi) is 5.71. The number of carbonyl (C=O) groups is 1. The van der Waals surface area contributed by atoms with E-state index in [9.17, 15) is 4.79 Å². The second-order valence-corrected chi connectivity index (χ2v) is 6.74. The summed E-state index contributed by atoms with van der Waals surface area (Å²) in [7, 11) is 1.83. The van der Waals surface area contributed by atoms with Crippen molar-refractivity contribution in [1.29, 1.82) is 0 Å². The largest absolute Gasteiger partial charge is 0.340 e. The van der Waals surface area contributed by atoms with Crippen molar-refractivity contribution >= 4 is 29.3 Å². The van der Waals surface area contributed by atoms with Gasteiger partial charge in [-0.25, -0.2) is 0 Å². The monoisotopic (exact) mass is 319 g/mol. The second-order valence-electron chi connectivity index (χ2n) is 4.89. The minimum absolute atomic E-state index is 0.107. The Balaban J connectivity index is 1.93. The van der Waals surface area contributed by atoms with Crippen molar-refractivity contribution in [2.24, 2.45) is 0 Å². The van der Waals surface area contributed by atoms with Crippen molar-refractivity contribution in [1.82, 2.24) is 4.90 Å². The average Bonchev–Trinajstić information content (AvgIpc) is 2.49. The van der Waals surface area contributed by atoms with Crippen molar-refractivity contribution < 1.29 is 4.79 Å². The van der Waals surface area contributed by atoms with Crippen LogP contribution in [0.25, 0.3) is 0 Å². The molecule has 0 aliphatic heterocycles. The number of amides is 1. The van der Waals surface area contributed by atoms with Crippen molar-refractivity contribution in [2.75, 3.05) is 7.05 Å². The highest BCUT2D eigenvalue weighted by Crippen LogP contribution is 2.24. The molecule has 2 aromatic rings. The molecule has 0 aliphatic rings. The lowest BCUT2D eigenvalue weighted by atomic mass is 10.2. The van der Waals surface area contributed by atoms with Gasteiger partial charge >= 0.3 is 0 Å². The molecule has 0 heterocycles. The molecule has 1 atom stereocenters. The van der Waals surface area contributed by atoms with Crippen molar-refractivity contribution in [3.63, 3.8) is 0 Å². The molecule has 0 radical (unpaired) electrons. The van der Waals surface area contributed by atoms with E-state index >= 15 is 0 Å². The summed E-state index contributed by atoms with van der Waals surface area (Å²) >= 11 is 7.45. The first-order chi connectivity index (χ1) is 10.1. The molecule has 21 heavy (non-hydrogen) atoms. The highest BCUT2D eigenvalue weighted by Gasteiger charge is 2.18. The molecule has 0 fully saturated rings. The Morgan fingerprint density at radius 2 is 1.76 bits per heavy atom. The summed E-state index contributed by atoms with van der Waals surface area (Å²) in [6.07, 6.45) is 0. The third-order valence-electron chi connectivity index (χ3n) is 3.11. The number of thioether (sulfide) groups is 1. The number of carbonyl (C=O) groups excluding carboxylic acids is 1. The zero-order chi connectivity index (χ0) is 15.2. The van der Waals surface area contributed by atoms with E-state index < -0.39 is 0 Å². The van der Waals surface area contributed by atoms with Crippen LogP contribution < -0.4 is 0 Å². The number of halogens is 1. The molecule has 2 aromatic carbocycles. The maximum Gasteiger partial charge on any atom is 0.235 e. The van der Waals surface area contributed by atoms with Gasteiger partial charge in [-0.3, -0.25) is 4.79 Å². The molecule has 0 N–H and O–H groups in total. The Morgan fingerprint density at radius 1 is 1.14 bits per heavy atom. The molecule has 110 valence electrons. The maximum atomic E-state index is 12.4. The van der Waals surface area contributed by atoms with Gasteiger partial charge in [0.15, 0.2) is 0 Å². The van der Waals surface area contributed by atoms with Crippen molar-refractivity contribution in [3.8, 4) is 0 Å². The van der Waals surface area contributed by atoms with E-state index in [2.05, 4.69) is 0 Å². The van der Waals surface area contributed by atoms with Gasteiger partial charge in [-0.1, -0.05) is 41.9 Å². The fraction of sp³-hybridized carbons (Fsp3) is 0.235. The number of hydrogen-bond donors (Lipinski definition) is 0. The highest BCUT2D eigenvalue weighted by molar-refractivity contribution is 8.00. The third-order valence-corrected chi connectivity index (χ3v) is 4.46. The quantitative estimate of drug-likeness (QED) is 0.757. The first kappa shape index (κ1) is 15.9. The molecule has 0 saturated carbocycles. The van der Waals surface area contributed by atoms with Crippen LogP contribution in [0.5, 0.6) is 0 Å². The predicted molar refractivity (Wildman–Crippen MR) is 89.7 cm³/mol. The lowest BCUT2D eigenvalue weighted by Crippen LogP contribution is -2.32. The maximum absolute atomic E-state index is 12.4. The Bertz CT molecular complexity index is 585. The van der Waals surface area contributed by atoms with Gasteiger partial charge in [0.2, 0.25) is 5.91 Å². The Morgan fingerprint density at radius 3 is 2.38 bits per heavy atom. The van der Waals surface area contributed by atoms with Gasteiger partial charge in [0.25, 0.3) is 0 Å². The topological polar surface area (TPSA) is 20.3 Å². The minimum Gasteiger partial charge on any atom is -0.340 e. The summed E-state index contributed by atoms with van der Waals surface area (Å²) in [6.45, 7) is 2.54. The lowest BCUT2D eigenvalue weighted by molar-refractivity contribution is -0.129. The predicted octanol–water partition coefficient (Wildman–Crippen LogP) is 4.48. The summed E-state index contributed by atoms with van der Waals surface area (Å²) in [5.41, 5.74) is 1.08. The number of hydrogen-bond acceptors (Lipinski definition) is 2. The minimum atomic E-state index is -0.107. The van der Waals surface area contributed by atoms with Gasteiger partial charge in [0.05, 0.1) is 5.25 Å². The van der Waals surface area contributed by atoms with Crippen LogP contribution >= 0.6 is 23.4 Å². The van der Waals surface area contributed by atoms with Gasteiger partial charge in [-0.05, 0) is 36.8 Å². The standard InChI is InChI=1S/C17H18ClNOS/c1-13(21-16-6-4-3-5-7-16)17(20)19(2)12-14-8-10-15(18)11-9-14/h3-11,13H,12H2,1-2H3. The van der Waals surface area contributed by atoms with Crippen molar-refractivity contribution in [2.45, 2.75) is 23.6 Å². The normalized spacial score (nSPS) is 12.0. The van der Waals surface area contributed by atoms with Gasteiger partial charge in [-0.15, -0.1) is 11.8 Å². The molecule has 4 heteroatoms. The van der Waals surface area contributed by atoms with E-state index in [1.165, 1.54) is 0 Å². The number of benzene rings is 2. The van der Waals surface area contributed by atoms with Crippen LogP contribution in [-0.4, -0.2) is 23.1 Å². The van der Waals surface area contributed by atoms with E-state index in [4.69, 9.17) is 11.6 Å². The second kappa shape index (κ2) is 7.53. The SMILES string of the molecule is CC(Sc1ccccc1)C(=O)N(C)Cc1ccc(Cl)cc1. The Labute approximate surface area is 135 Å². The van der Waals surface area contributed by atoms with Gasteiger partial charge < -0.3 is 4.90 Å². The van der Waals surface area contributed by atoms with Gasteiger partial charge in [0.1, 0.15) is 0 Å². The fourth-order valence-electron chi connectivity index (χ4n) is 2.01. The average molecular weight is 320 g/mol. The molecule has 0 saturated heterocycles. The van der Waals surface area contributed by atoms with Crippen LogP contribution in [-0.2, 0) is 11.3 Å². The first-order valence-corrected chi connectivity index (χ1v) is 8.03. The molecule has 1 unspecified atom stereocenters. The smallest absolute Gasteiger partial charge is 0.235 e. The fourth-order valence-corrected chi connectivity index (χ4v) is 3.13. The lowest BCUT2D eigenvalue weighted by Gasteiger charge is -2.21. The van der Waals surface area contributed by atoms with E-state index in [-0.39, 0.29) is 11.2 Å². The summed E-state index contributed by atoms with van der Waals surface area (Å²) < 4.78 is 0. The van der Waals surface area contributed by atoms with Crippen LogP contribution in [0, 0.1) is 0 Å². The van der Waals surface area contributed by atoms with E-state index in [0.29, 0.717) is 11.6 Å². The Hall–Kier alpha value is -1.45. The van der Waals surface area contributed by atoms with Crippen LogP contribution in [0.2, 0.25) is 5.02 Å². The zero-order valence-corrected chi connectivity index (χ0v) is 13.7. The van der Waals surface area contributed by atoms with Gasteiger partial charge in [-0.2, -0.15) is 0 Å². The molecule has 2 rings (SSSR count). The third kappa shape index (κ3) is 4.80. The highest BCUT2D eigenvalue weighted by atomic mass is 35.5. The molecule has 0 aromatic heterocycles. The van der Waals surface area contributed by atoms with E-state index in [1.54, 1.807) is 16.7 Å². The zero-order valence-electron chi connectivity index (χ0n) is 12.1. The van der Waals surface area contributed by atoms with Gasteiger partial charge in [0, 0.05) is 23.5 Å². The molecule has 0 bridgehead atoms. The van der Waals surface area contributed by atoms with Crippen LogP contribution in [0.1, 0.15) is 12.5 Å². The summed E-state index contributed by atoms with van der Waals surface area (Å²) in [5.74, 6) is 0.124. The molecule has 1 amide bonds. The molecule has 0 spiro atoms. The number of nitrogens with zero attached hydrogens (tertiary/aromatic N) is 1. The van der Waals surface area contributed by atoms with Crippen LogP contribution in [0.4, 0.5) is 0 Å². The molecular formula is C17H18ClNOS. The summed E-state index contributed by atoms with van der Waals surface area (Å²) in [6, 6.07) is 17.6. The van der Waals surface area contributed by atoms with Crippen LogP contribution in [0.15, 0.2) is 59.5 Å². The van der Waals surface area contributed by atoms with E-state index in [0.717, 1.165) is 10.5 Å². The number of rotatable bonds is 5.